The maximum Gasteiger partial charge on any atom is 0.419 e. The molecule has 0 aromatic heterocycles. The number of nitro groups is 1. The van der Waals surface area contributed by atoms with E-state index in [1.807, 2.05) is 0 Å². The first kappa shape index (κ1) is 15.3. The highest BCUT2D eigenvalue weighted by Gasteiger charge is 2.40. The van der Waals surface area contributed by atoms with Gasteiger partial charge in [-0.1, -0.05) is 18.2 Å². The molecule has 22 heavy (non-hydrogen) atoms. The fraction of sp³-hybridized carbons (Fsp3) is 0.231. The molecule has 1 aliphatic rings. The molecule has 9 nitrogen and oxygen atoms in total. The fourth-order valence-corrected chi connectivity index (χ4v) is 2.05. The van der Waals surface area contributed by atoms with Crippen molar-refractivity contribution in [3.63, 3.8) is 0 Å². The van der Waals surface area contributed by atoms with Crippen LogP contribution >= 0.6 is 0 Å². The minimum absolute atomic E-state index is 0.0388. The van der Waals surface area contributed by atoms with Gasteiger partial charge in [0.25, 0.3) is 0 Å². The summed E-state index contributed by atoms with van der Waals surface area (Å²) in [6.07, 6.45) is -1.37. The zero-order valence-electron chi connectivity index (χ0n) is 11.6. The number of ether oxygens (including phenoxy) is 1. The van der Waals surface area contributed by atoms with Gasteiger partial charge in [0.05, 0.1) is 4.92 Å². The quantitative estimate of drug-likeness (QED) is 0.291. The van der Waals surface area contributed by atoms with E-state index in [1.165, 1.54) is 24.1 Å². The number of hydrogen-bond acceptors (Lipinski definition) is 6. The lowest BCUT2D eigenvalue weighted by Gasteiger charge is -2.17. The van der Waals surface area contributed by atoms with Crippen molar-refractivity contribution in [3.8, 4) is 5.75 Å². The van der Waals surface area contributed by atoms with E-state index in [-0.39, 0.29) is 24.7 Å². The van der Waals surface area contributed by atoms with Crippen LogP contribution in [0.5, 0.6) is 5.75 Å². The van der Waals surface area contributed by atoms with Crippen LogP contribution in [0.25, 0.3) is 0 Å². The largest absolute Gasteiger partial charge is 0.465 e. The molecule has 1 aromatic rings. The summed E-state index contributed by atoms with van der Waals surface area (Å²) in [5.74, 6) is -1.38. The molecule has 0 spiro atoms. The Balaban J connectivity index is 2.40. The molecule has 1 aliphatic heterocycles. The van der Waals surface area contributed by atoms with Crippen LogP contribution in [0.15, 0.2) is 41.8 Å². The van der Waals surface area contributed by atoms with Crippen molar-refractivity contribution < 1.29 is 24.4 Å². The maximum atomic E-state index is 12.1. The second-order valence-corrected chi connectivity index (χ2v) is 4.49. The number of nitrogens with zero attached hydrogens (tertiary/aromatic N) is 3. The van der Waals surface area contributed by atoms with Gasteiger partial charge in [-0.15, -0.1) is 0 Å². The van der Waals surface area contributed by atoms with Gasteiger partial charge < -0.3 is 14.7 Å². The molecule has 1 amide bonds. The van der Waals surface area contributed by atoms with Crippen molar-refractivity contribution in [1.29, 1.82) is 0 Å². The highest BCUT2D eigenvalue weighted by molar-refractivity contribution is 5.89. The number of carbonyl (C=O) groups is 2. The number of carbonyl (C=O) groups excluding carboxylic acids is 1. The SMILES string of the molecule is CN1CCN(C(=O)O)C1=C(C(=O)Oc1ccccc1)[N+](=O)[O-]. The first-order valence-electron chi connectivity index (χ1n) is 6.29. The Labute approximate surface area is 125 Å². The Morgan fingerprint density at radius 1 is 1.27 bits per heavy atom. The average Bonchev–Trinajstić information content (AvgIpc) is 2.82. The molecule has 1 heterocycles. The molecule has 0 bridgehead atoms. The zero-order valence-corrected chi connectivity index (χ0v) is 11.6. The van der Waals surface area contributed by atoms with Crippen molar-refractivity contribution in [1.82, 2.24) is 9.80 Å². The van der Waals surface area contributed by atoms with Crippen LogP contribution in [0.1, 0.15) is 0 Å². The van der Waals surface area contributed by atoms with Crippen LogP contribution in [-0.4, -0.2) is 52.0 Å². The number of hydrogen-bond donors (Lipinski definition) is 1. The molecule has 0 saturated carbocycles. The normalized spacial score (nSPS) is 16.4. The van der Waals surface area contributed by atoms with Gasteiger partial charge in [-0.25, -0.2) is 9.59 Å². The van der Waals surface area contributed by atoms with Gasteiger partial charge in [-0.3, -0.25) is 15.0 Å². The molecule has 2 rings (SSSR count). The third kappa shape index (κ3) is 2.97. The van der Waals surface area contributed by atoms with Gasteiger partial charge in [0, 0.05) is 20.1 Å². The van der Waals surface area contributed by atoms with Crippen LogP contribution < -0.4 is 4.74 Å². The fourth-order valence-electron chi connectivity index (χ4n) is 2.05. The molecule has 1 fully saturated rings. The van der Waals surface area contributed by atoms with E-state index >= 15 is 0 Å². The van der Waals surface area contributed by atoms with Crippen LogP contribution in [-0.2, 0) is 4.79 Å². The number of benzene rings is 1. The van der Waals surface area contributed by atoms with Crippen molar-refractivity contribution in [2.45, 2.75) is 0 Å². The highest BCUT2D eigenvalue weighted by atomic mass is 16.6. The molecule has 0 radical (unpaired) electrons. The second-order valence-electron chi connectivity index (χ2n) is 4.49. The standard InChI is InChI=1S/C13H13N3O6/c1-14-7-8-15(13(18)19)11(14)10(16(20)21)12(17)22-9-5-3-2-4-6-9/h2-6H,7-8H2,1H3,(H,18,19). The Kier molecular flexibility index (Phi) is 4.25. The average molecular weight is 307 g/mol. The monoisotopic (exact) mass is 307 g/mol. The summed E-state index contributed by atoms with van der Waals surface area (Å²) in [6, 6.07) is 7.84. The van der Waals surface area contributed by atoms with Gasteiger partial charge >= 0.3 is 17.8 Å². The molecule has 9 heteroatoms. The summed E-state index contributed by atoms with van der Waals surface area (Å²) in [7, 11) is 1.47. The predicted molar refractivity (Wildman–Crippen MR) is 73.5 cm³/mol. The maximum absolute atomic E-state index is 12.1. The lowest BCUT2D eigenvalue weighted by atomic mass is 10.3. The summed E-state index contributed by atoms with van der Waals surface area (Å²) >= 11 is 0. The Morgan fingerprint density at radius 2 is 1.91 bits per heavy atom. The minimum Gasteiger partial charge on any atom is -0.465 e. The number of rotatable bonds is 3. The van der Waals surface area contributed by atoms with Crippen molar-refractivity contribution in [2.24, 2.45) is 0 Å². The van der Waals surface area contributed by atoms with Crippen LogP contribution in [0, 0.1) is 10.1 Å². The molecule has 1 aromatic carbocycles. The van der Waals surface area contributed by atoms with E-state index in [0.717, 1.165) is 4.90 Å². The molecule has 116 valence electrons. The minimum atomic E-state index is -1.37. The van der Waals surface area contributed by atoms with Gasteiger partial charge in [-0.2, -0.15) is 0 Å². The lowest BCUT2D eigenvalue weighted by Crippen LogP contribution is -2.32. The molecule has 1 N–H and O–H groups in total. The third-order valence-corrected chi connectivity index (χ3v) is 3.05. The van der Waals surface area contributed by atoms with Crippen molar-refractivity contribution in [2.75, 3.05) is 20.1 Å². The molecular weight excluding hydrogens is 294 g/mol. The molecular formula is C13H13N3O6. The Hall–Kier alpha value is -3.10. The first-order chi connectivity index (χ1) is 10.4. The first-order valence-corrected chi connectivity index (χ1v) is 6.29. The summed E-state index contributed by atoms with van der Waals surface area (Å²) < 4.78 is 4.94. The van der Waals surface area contributed by atoms with Crippen molar-refractivity contribution in [3.05, 3.63) is 52.0 Å². The predicted octanol–water partition coefficient (Wildman–Crippen LogP) is 0.963. The number of para-hydroxylation sites is 1. The third-order valence-electron chi connectivity index (χ3n) is 3.05. The van der Waals surface area contributed by atoms with Crippen LogP contribution in [0.3, 0.4) is 0 Å². The number of amides is 1. The van der Waals surface area contributed by atoms with Crippen LogP contribution in [0.4, 0.5) is 4.79 Å². The van der Waals surface area contributed by atoms with E-state index < -0.39 is 22.7 Å². The van der Waals surface area contributed by atoms with Crippen molar-refractivity contribution >= 4 is 12.1 Å². The summed E-state index contributed by atoms with van der Waals surface area (Å²) in [5, 5.41) is 20.3. The van der Waals surface area contributed by atoms with E-state index in [9.17, 15) is 19.7 Å². The highest BCUT2D eigenvalue weighted by Crippen LogP contribution is 2.23. The summed E-state index contributed by atoms with van der Waals surface area (Å²) in [6.45, 7) is 0.286. The molecule has 1 saturated heterocycles. The molecule has 0 atom stereocenters. The van der Waals surface area contributed by atoms with E-state index in [2.05, 4.69) is 0 Å². The van der Waals surface area contributed by atoms with Gasteiger partial charge in [0.15, 0.2) is 0 Å². The summed E-state index contributed by atoms with van der Waals surface area (Å²) in [4.78, 5) is 35.6. The lowest BCUT2D eigenvalue weighted by molar-refractivity contribution is -0.423. The van der Waals surface area contributed by atoms with E-state index in [4.69, 9.17) is 9.84 Å². The summed E-state index contributed by atoms with van der Waals surface area (Å²) in [5.41, 5.74) is -0.911. The number of likely N-dealkylation sites (N-methyl/N-ethyl adjacent to an activating group) is 1. The number of carboxylic acid groups (broad SMARTS) is 1. The topological polar surface area (TPSA) is 113 Å². The van der Waals surface area contributed by atoms with E-state index in [1.54, 1.807) is 18.2 Å². The Bertz CT molecular complexity index is 642. The van der Waals surface area contributed by atoms with E-state index in [0.29, 0.717) is 0 Å². The van der Waals surface area contributed by atoms with Gasteiger partial charge in [-0.05, 0) is 12.1 Å². The second kappa shape index (κ2) is 6.12. The number of esters is 1. The molecule has 0 unspecified atom stereocenters. The Morgan fingerprint density at radius 3 is 2.45 bits per heavy atom. The van der Waals surface area contributed by atoms with Gasteiger partial charge in [0.2, 0.25) is 5.82 Å². The molecule has 0 aliphatic carbocycles. The van der Waals surface area contributed by atoms with Gasteiger partial charge in [0.1, 0.15) is 5.75 Å². The van der Waals surface area contributed by atoms with Crippen LogP contribution in [0.2, 0.25) is 0 Å². The zero-order chi connectivity index (χ0) is 16.3. The smallest absolute Gasteiger partial charge is 0.419 e.